The first-order valence-corrected chi connectivity index (χ1v) is 6.91. The Kier molecular flexibility index (Phi) is 4.00. The third-order valence-electron chi connectivity index (χ3n) is 3.21. The maximum absolute atomic E-state index is 10.5. The van der Waals surface area contributed by atoms with Crippen LogP contribution in [0.1, 0.15) is 35.9 Å². The van der Waals surface area contributed by atoms with E-state index in [9.17, 15) is 5.11 Å². The van der Waals surface area contributed by atoms with E-state index in [1.165, 1.54) is 9.75 Å². The SMILES string of the molecule is CCc1ccc(CC2(O)CCCOCC2)s1. The van der Waals surface area contributed by atoms with Crippen molar-refractivity contribution in [3.05, 3.63) is 21.9 Å². The monoisotopic (exact) mass is 240 g/mol. The second kappa shape index (κ2) is 5.30. The Bertz CT molecular complexity index is 324. The summed E-state index contributed by atoms with van der Waals surface area (Å²) >= 11 is 1.83. The number of ether oxygens (including phenoxy) is 1. The van der Waals surface area contributed by atoms with Crippen molar-refractivity contribution in [2.24, 2.45) is 0 Å². The Balaban J connectivity index is 2.00. The Labute approximate surface area is 101 Å². The van der Waals surface area contributed by atoms with E-state index in [-0.39, 0.29) is 0 Å². The highest BCUT2D eigenvalue weighted by Gasteiger charge is 2.29. The van der Waals surface area contributed by atoms with Crippen LogP contribution in [0.2, 0.25) is 0 Å². The first-order chi connectivity index (χ1) is 7.72. The first-order valence-electron chi connectivity index (χ1n) is 6.09. The van der Waals surface area contributed by atoms with Crippen LogP contribution in [0.3, 0.4) is 0 Å². The normalized spacial score (nSPS) is 26.6. The van der Waals surface area contributed by atoms with Gasteiger partial charge in [-0.1, -0.05) is 6.92 Å². The van der Waals surface area contributed by atoms with Crippen molar-refractivity contribution in [3.63, 3.8) is 0 Å². The Morgan fingerprint density at radius 2 is 2.12 bits per heavy atom. The summed E-state index contributed by atoms with van der Waals surface area (Å²) in [7, 11) is 0. The van der Waals surface area contributed by atoms with Gasteiger partial charge in [0.05, 0.1) is 5.60 Å². The molecule has 1 saturated heterocycles. The van der Waals surface area contributed by atoms with E-state index >= 15 is 0 Å². The van der Waals surface area contributed by atoms with E-state index < -0.39 is 5.60 Å². The molecule has 0 radical (unpaired) electrons. The highest BCUT2D eigenvalue weighted by Crippen LogP contribution is 2.28. The van der Waals surface area contributed by atoms with Crippen molar-refractivity contribution in [2.45, 2.75) is 44.6 Å². The minimum Gasteiger partial charge on any atom is -0.389 e. The summed E-state index contributed by atoms with van der Waals surface area (Å²) in [5.41, 5.74) is -0.535. The first kappa shape index (κ1) is 12.1. The van der Waals surface area contributed by atoms with E-state index in [4.69, 9.17) is 4.74 Å². The molecule has 0 aromatic carbocycles. The summed E-state index contributed by atoms with van der Waals surface area (Å²) in [6, 6.07) is 4.34. The third-order valence-corrected chi connectivity index (χ3v) is 4.44. The van der Waals surface area contributed by atoms with Crippen molar-refractivity contribution in [1.29, 1.82) is 0 Å². The highest BCUT2D eigenvalue weighted by atomic mass is 32.1. The number of rotatable bonds is 3. The molecule has 0 saturated carbocycles. The van der Waals surface area contributed by atoms with E-state index in [1.54, 1.807) is 0 Å². The predicted molar refractivity (Wildman–Crippen MR) is 67.0 cm³/mol. The molecule has 1 aliphatic heterocycles. The Morgan fingerprint density at radius 1 is 1.31 bits per heavy atom. The fraction of sp³-hybridized carbons (Fsp3) is 0.692. The van der Waals surface area contributed by atoms with Gasteiger partial charge in [0, 0.05) is 29.4 Å². The molecule has 1 N–H and O–H groups in total. The summed E-state index contributed by atoms with van der Waals surface area (Å²) < 4.78 is 5.40. The summed E-state index contributed by atoms with van der Waals surface area (Å²) in [6.45, 7) is 3.67. The average Bonchev–Trinajstić information content (AvgIpc) is 2.60. The molecule has 3 heteroatoms. The minimum atomic E-state index is -0.535. The molecule has 1 aromatic rings. The number of aliphatic hydroxyl groups is 1. The molecule has 2 rings (SSSR count). The summed E-state index contributed by atoms with van der Waals surface area (Å²) in [4.78, 5) is 2.71. The Morgan fingerprint density at radius 3 is 2.88 bits per heavy atom. The molecular formula is C13H20O2S. The second-order valence-electron chi connectivity index (χ2n) is 4.59. The summed E-state index contributed by atoms with van der Waals surface area (Å²) in [5.74, 6) is 0. The van der Waals surface area contributed by atoms with E-state index in [0.717, 1.165) is 38.7 Å². The van der Waals surface area contributed by atoms with Crippen LogP contribution in [0.4, 0.5) is 0 Å². The zero-order valence-corrected chi connectivity index (χ0v) is 10.7. The summed E-state index contributed by atoms with van der Waals surface area (Å²) in [6.07, 6.45) is 4.49. The lowest BCUT2D eigenvalue weighted by molar-refractivity contribution is 0.0196. The van der Waals surface area contributed by atoms with Gasteiger partial charge in [0.2, 0.25) is 0 Å². The molecule has 1 atom stereocenters. The third kappa shape index (κ3) is 3.06. The van der Waals surface area contributed by atoms with Gasteiger partial charge in [-0.25, -0.2) is 0 Å². The van der Waals surface area contributed by atoms with Gasteiger partial charge in [0.25, 0.3) is 0 Å². The van der Waals surface area contributed by atoms with Gasteiger partial charge in [0.1, 0.15) is 0 Å². The molecule has 0 bridgehead atoms. The molecule has 1 aliphatic rings. The predicted octanol–water partition coefficient (Wildman–Crippen LogP) is 2.78. The fourth-order valence-corrected chi connectivity index (χ4v) is 3.30. The lowest BCUT2D eigenvalue weighted by Crippen LogP contribution is -2.31. The van der Waals surface area contributed by atoms with Gasteiger partial charge in [-0.3, -0.25) is 0 Å². The molecule has 90 valence electrons. The van der Waals surface area contributed by atoms with Crippen molar-refractivity contribution in [1.82, 2.24) is 0 Å². The highest BCUT2D eigenvalue weighted by molar-refractivity contribution is 7.12. The van der Waals surface area contributed by atoms with Crippen molar-refractivity contribution < 1.29 is 9.84 Å². The van der Waals surface area contributed by atoms with Gasteiger partial charge in [-0.15, -0.1) is 11.3 Å². The lowest BCUT2D eigenvalue weighted by Gasteiger charge is -2.25. The zero-order valence-electron chi connectivity index (χ0n) is 9.87. The van der Waals surface area contributed by atoms with E-state index in [2.05, 4.69) is 19.1 Å². The molecule has 0 amide bonds. The number of thiophene rings is 1. The molecular weight excluding hydrogens is 220 g/mol. The molecule has 1 fully saturated rings. The number of aryl methyl sites for hydroxylation is 1. The van der Waals surface area contributed by atoms with E-state index in [0.29, 0.717) is 6.61 Å². The maximum atomic E-state index is 10.5. The number of hydrogen-bond acceptors (Lipinski definition) is 3. The van der Waals surface area contributed by atoms with E-state index in [1.807, 2.05) is 11.3 Å². The zero-order chi connectivity index (χ0) is 11.4. The molecule has 1 unspecified atom stereocenters. The van der Waals surface area contributed by atoms with Crippen LogP contribution in [-0.4, -0.2) is 23.9 Å². The molecule has 0 spiro atoms. The molecule has 1 aromatic heterocycles. The van der Waals surface area contributed by atoms with Crippen molar-refractivity contribution in [3.8, 4) is 0 Å². The van der Waals surface area contributed by atoms with Crippen LogP contribution in [-0.2, 0) is 17.6 Å². The van der Waals surface area contributed by atoms with Crippen molar-refractivity contribution >= 4 is 11.3 Å². The minimum absolute atomic E-state index is 0.535. The molecule has 2 heterocycles. The molecule has 2 nitrogen and oxygen atoms in total. The van der Waals surface area contributed by atoms with Crippen molar-refractivity contribution in [2.75, 3.05) is 13.2 Å². The molecule has 16 heavy (non-hydrogen) atoms. The van der Waals surface area contributed by atoms with Gasteiger partial charge < -0.3 is 9.84 Å². The van der Waals surface area contributed by atoms with Crippen LogP contribution in [0.5, 0.6) is 0 Å². The number of hydrogen-bond donors (Lipinski definition) is 1. The Hall–Kier alpha value is -0.380. The largest absolute Gasteiger partial charge is 0.389 e. The van der Waals surface area contributed by atoms with Gasteiger partial charge >= 0.3 is 0 Å². The van der Waals surface area contributed by atoms with Gasteiger partial charge in [0.15, 0.2) is 0 Å². The van der Waals surface area contributed by atoms with Crippen LogP contribution in [0.15, 0.2) is 12.1 Å². The van der Waals surface area contributed by atoms with Gasteiger partial charge in [-0.05, 0) is 37.8 Å². The van der Waals surface area contributed by atoms with Crippen LogP contribution >= 0.6 is 11.3 Å². The summed E-state index contributed by atoms with van der Waals surface area (Å²) in [5, 5.41) is 10.5. The molecule has 0 aliphatic carbocycles. The standard InChI is InChI=1S/C13H20O2S/c1-2-11-4-5-12(16-11)10-13(14)6-3-8-15-9-7-13/h4-5,14H,2-3,6-10H2,1H3. The smallest absolute Gasteiger partial charge is 0.0718 e. The topological polar surface area (TPSA) is 29.5 Å². The lowest BCUT2D eigenvalue weighted by atomic mass is 9.91. The average molecular weight is 240 g/mol. The van der Waals surface area contributed by atoms with Crippen LogP contribution in [0.25, 0.3) is 0 Å². The second-order valence-corrected chi connectivity index (χ2v) is 5.84. The van der Waals surface area contributed by atoms with Crippen LogP contribution in [0, 0.1) is 0 Å². The fourth-order valence-electron chi connectivity index (χ4n) is 2.20. The quantitative estimate of drug-likeness (QED) is 0.880. The van der Waals surface area contributed by atoms with Crippen LogP contribution < -0.4 is 0 Å². The maximum Gasteiger partial charge on any atom is 0.0718 e. The van der Waals surface area contributed by atoms with Gasteiger partial charge in [-0.2, -0.15) is 0 Å².